The molecule has 0 aliphatic heterocycles. The Morgan fingerprint density at radius 1 is 0.952 bits per heavy atom. The van der Waals surface area contributed by atoms with Crippen LogP contribution in [0.5, 0.6) is 0 Å². The van der Waals surface area contributed by atoms with Gasteiger partial charge < -0.3 is 0 Å². The third kappa shape index (κ3) is 3.70. The smallest absolute Gasteiger partial charge is 0.167 e. The number of hydrogen-bond acceptors (Lipinski definition) is 3. The molecule has 0 radical (unpaired) electrons. The molecule has 1 heterocycles. The first-order valence-corrected chi connectivity index (χ1v) is 5.57. The second kappa shape index (κ2) is 5.01. The van der Waals surface area contributed by atoms with Gasteiger partial charge in [0.25, 0.3) is 0 Å². The third-order valence-electron chi connectivity index (χ3n) is 2.56. The lowest BCUT2D eigenvalue weighted by Crippen LogP contribution is -2.12. The minimum atomic E-state index is -4.87. The minimum Gasteiger partial charge on any atom is -0.167 e. The largest absolute Gasteiger partial charge is 0.416 e. The molecule has 0 unspecified atom stereocenters. The number of benzene rings is 1. The average molecular weight is 310 g/mol. The molecule has 0 bridgehead atoms. The van der Waals surface area contributed by atoms with Crippen molar-refractivity contribution in [1.82, 2.24) is 20.2 Å². The number of rotatable bonds is 2. The summed E-state index contributed by atoms with van der Waals surface area (Å²) in [4.78, 5) is 1.06. The van der Waals surface area contributed by atoms with Crippen molar-refractivity contribution in [2.45, 2.75) is 18.8 Å². The van der Waals surface area contributed by atoms with Gasteiger partial charge in [-0.15, -0.1) is 10.2 Å². The summed E-state index contributed by atoms with van der Waals surface area (Å²) in [5.41, 5.74) is -2.92. The van der Waals surface area contributed by atoms with E-state index in [9.17, 15) is 26.3 Å². The van der Waals surface area contributed by atoms with Crippen molar-refractivity contribution in [1.29, 1.82) is 0 Å². The molecule has 0 atom stereocenters. The lowest BCUT2D eigenvalue weighted by molar-refractivity contribution is -0.143. The topological polar surface area (TPSA) is 43.6 Å². The zero-order chi connectivity index (χ0) is 15.8. The second-order valence-corrected chi connectivity index (χ2v) is 4.29. The van der Waals surface area contributed by atoms with Crippen molar-refractivity contribution in [2.24, 2.45) is 7.05 Å². The Morgan fingerprint density at radius 3 is 1.86 bits per heavy atom. The van der Waals surface area contributed by atoms with Crippen LogP contribution < -0.4 is 0 Å². The van der Waals surface area contributed by atoms with Crippen molar-refractivity contribution < 1.29 is 26.3 Å². The monoisotopic (exact) mass is 310 g/mol. The molecule has 0 N–H and O–H groups in total. The lowest BCUT2D eigenvalue weighted by Gasteiger charge is -2.13. The summed E-state index contributed by atoms with van der Waals surface area (Å²) in [6, 6.07) is 1.37. The maximum absolute atomic E-state index is 12.7. The average Bonchev–Trinajstić information content (AvgIpc) is 2.72. The minimum absolute atomic E-state index is 0.0324. The van der Waals surface area contributed by atoms with Gasteiger partial charge in [-0.1, -0.05) is 0 Å². The molecule has 1 aromatic heterocycles. The Bertz CT molecular complexity index is 611. The van der Waals surface area contributed by atoms with Gasteiger partial charge in [-0.05, 0) is 29.0 Å². The first-order chi connectivity index (χ1) is 9.55. The number of hydrogen-bond donors (Lipinski definition) is 0. The summed E-state index contributed by atoms with van der Waals surface area (Å²) in [6.07, 6.45) is -10.0. The van der Waals surface area contributed by atoms with Gasteiger partial charge in [-0.25, -0.2) is 0 Å². The highest BCUT2D eigenvalue weighted by Gasteiger charge is 2.36. The second-order valence-electron chi connectivity index (χ2n) is 4.29. The van der Waals surface area contributed by atoms with Crippen LogP contribution >= 0.6 is 0 Å². The fourth-order valence-corrected chi connectivity index (χ4v) is 1.70. The van der Waals surface area contributed by atoms with Gasteiger partial charge in [0.2, 0.25) is 0 Å². The molecule has 2 rings (SSSR count). The molecule has 4 nitrogen and oxygen atoms in total. The number of aryl methyl sites for hydroxylation is 1. The molecule has 0 spiro atoms. The van der Waals surface area contributed by atoms with Crippen LogP contribution in [0.15, 0.2) is 18.2 Å². The van der Waals surface area contributed by atoms with Crippen molar-refractivity contribution in [3.63, 3.8) is 0 Å². The predicted molar refractivity (Wildman–Crippen MR) is 58.1 cm³/mol. The van der Waals surface area contributed by atoms with Crippen LogP contribution in [0, 0.1) is 0 Å². The van der Waals surface area contributed by atoms with Gasteiger partial charge in [0.15, 0.2) is 5.82 Å². The van der Waals surface area contributed by atoms with Crippen molar-refractivity contribution in [3.05, 3.63) is 40.7 Å². The van der Waals surface area contributed by atoms with Gasteiger partial charge in [0, 0.05) is 6.42 Å². The molecule has 2 aromatic rings. The van der Waals surface area contributed by atoms with Gasteiger partial charge in [-0.2, -0.15) is 31.1 Å². The molecule has 21 heavy (non-hydrogen) atoms. The molecule has 0 saturated carbocycles. The van der Waals surface area contributed by atoms with Crippen LogP contribution in [-0.4, -0.2) is 20.2 Å². The third-order valence-corrected chi connectivity index (χ3v) is 2.56. The summed E-state index contributed by atoms with van der Waals surface area (Å²) < 4.78 is 76.0. The molecule has 0 amide bonds. The van der Waals surface area contributed by atoms with Gasteiger partial charge in [0.1, 0.15) is 0 Å². The zero-order valence-corrected chi connectivity index (χ0v) is 10.5. The van der Waals surface area contributed by atoms with E-state index >= 15 is 0 Å². The maximum Gasteiger partial charge on any atom is 0.416 e. The Hall–Kier alpha value is -2.13. The molecule has 0 saturated heterocycles. The Labute approximate surface area is 114 Å². The molecule has 10 heteroatoms. The van der Waals surface area contributed by atoms with Crippen molar-refractivity contribution in [3.8, 4) is 0 Å². The highest BCUT2D eigenvalue weighted by Crippen LogP contribution is 2.36. The Kier molecular flexibility index (Phi) is 3.64. The standard InChI is InChI=1S/C11H8F6N4/c1-21-19-9(18-20-21)4-6-2-7(10(12,13)14)5-8(3-6)11(15,16)17/h2-3,5H,4H2,1H3. The number of alkyl halides is 6. The number of nitrogens with zero attached hydrogens (tertiary/aromatic N) is 4. The fraction of sp³-hybridized carbons (Fsp3) is 0.364. The molecule has 1 aromatic carbocycles. The van der Waals surface area contributed by atoms with Gasteiger partial charge >= 0.3 is 12.4 Å². The first kappa shape index (κ1) is 15.3. The normalized spacial score (nSPS) is 12.7. The van der Waals surface area contributed by atoms with E-state index in [2.05, 4.69) is 15.4 Å². The van der Waals surface area contributed by atoms with Crippen molar-refractivity contribution in [2.75, 3.05) is 0 Å². The van der Waals surface area contributed by atoms with Crippen LogP contribution in [0.4, 0.5) is 26.3 Å². The van der Waals surface area contributed by atoms with E-state index < -0.39 is 23.5 Å². The van der Waals surface area contributed by atoms with E-state index in [1.54, 1.807) is 0 Å². The van der Waals surface area contributed by atoms with E-state index in [1.807, 2.05) is 0 Å². The van der Waals surface area contributed by atoms with Gasteiger partial charge in [0.05, 0.1) is 18.2 Å². The molecular formula is C11H8F6N4. The van der Waals surface area contributed by atoms with Crippen LogP contribution in [0.25, 0.3) is 0 Å². The molecular weight excluding hydrogens is 302 g/mol. The summed E-state index contributed by atoms with van der Waals surface area (Å²) in [5.74, 6) is 0.0324. The number of aromatic nitrogens is 4. The molecule has 0 aliphatic rings. The van der Waals surface area contributed by atoms with Crippen LogP contribution in [0.3, 0.4) is 0 Å². The quantitative estimate of drug-likeness (QED) is 0.801. The number of tetrazole rings is 1. The lowest BCUT2D eigenvalue weighted by atomic mass is 10.0. The summed E-state index contributed by atoms with van der Waals surface area (Å²) in [7, 11) is 1.43. The maximum atomic E-state index is 12.7. The van der Waals surface area contributed by atoms with E-state index in [0.717, 1.165) is 4.80 Å². The highest BCUT2D eigenvalue weighted by molar-refractivity contribution is 5.34. The van der Waals surface area contributed by atoms with E-state index in [0.29, 0.717) is 12.1 Å². The molecule has 114 valence electrons. The first-order valence-electron chi connectivity index (χ1n) is 5.57. The predicted octanol–water partition coefficient (Wildman–Crippen LogP) is 2.84. The summed E-state index contributed by atoms with van der Waals surface area (Å²) in [6.45, 7) is 0. The van der Waals surface area contributed by atoms with Crippen LogP contribution in [0.2, 0.25) is 0 Å². The molecule has 0 aliphatic carbocycles. The van der Waals surface area contributed by atoms with E-state index in [1.165, 1.54) is 7.05 Å². The van der Waals surface area contributed by atoms with Crippen molar-refractivity contribution >= 4 is 0 Å². The SMILES string of the molecule is Cn1nnc(Cc2cc(C(F)(F)F)cc(C(F)(F)F)c2)n1. The Morgan fingerprint density at radius 2 is 1.48 bits per heavy atom. The van der Waals surface area contributed by atoms with E-state index in [4.69, 9.17) is 0 Å². The van der Waals surface area contributed by atoms with Crippen LogP contribution in [0.1, 0.15) is 22.5 Å². The fourth-order valence-electron chi connectivity index (χ4n) is 1.70. The van der Waals surface area contributed by atoms with Gasteiger partial charge in [-0.3, -0.25) is 0 Å². The molecule has 0 fully saturated rings. The van der Waals surface area contributed by atoms with Crippen LogP contribution in [-0.2, 0) is 25.8 Å². The Balaban J connectivity index is 2.45. The highest BCUT2D eigenvalue weighted by atomic mass is 19.4. The summed E-state index contributed by atoms with van der Waals surface area (Å²) >= 11 is 0. The number of halogens is 6. The summed E-state index contributed by atoms with van der Waals surface area (Å²) in [5, 5.41) is 10.7. The van der Waals surface area contributed by atoms with E-state index in [-0.39, 0.29) is 23.9 Å². The zero-order valence-electron chi connectivity index (χ0n) is 10.5.